The van der Waals surface area contributed by atoms with E-state index in [-0.39, 0.29) is 18.6 Å². The van der Waals surface area contributed by atoms with E-state index in [1.807, 2.05) is 18.3 Å². The molecular weight excluding hydrogens is 401 g/mol. The zero-order chi connectivity index (χ0) is 19.5. The Hall–Kier alpha value is -1.83. The number of hydrogen-bond acceptors (Lipinski definition) is 5. The van der Waals surface area contributed by atoms with Crippen LogP contribution in [-0.2, 0) is 24.5 Å². The van der Waals surface area contributed by atoms with Gasteiger partial charge in [0.15, 0.2) is 5.75 Å². The highest BCUT2D eigenvalue weighted by molar-refractivity contribution is 6.37. The Morgan fingerprint density at radius 3 is 2.82 bits per heavy atom. The van der Waals surface area contributed by atoms with Crippen LogP contribution in [-0.4, -0.2) is 44.9 Å². The summed E-state index contributed by atoms with van der Waals surface area (Å²) in [7, 11) is 0. The number of nitrogens with zero attached hydrogens (tertiary/aromatic N) is 4. The highest BCUT2D eigenvalue weighted by Gasteiger charge is 2.22. The summed E-state index contributed by atoms with van der Waals surface area (Å²) in [5.74, 6) is 0.554. The van der Waals surface area contributed by atoms with E-state index in [0.29, 0.717) is 40.9 Å². The van der Waals surface area contributed by atoms with Crippen molar-refractivity contribution in [3.8, 4) is 5.75 Å². The van der Waals surface area contributed by atoms with Crippen LogP contribution in [0.4, 0.5) is 0 Å². The minimum atomic E-state index is 0.0899. The summed E-state index contributed by atoms with van der Waals surface area (Å²) in [6.07, 6.45) is 5.06. The number of fused-ring (bicyclic) bond motifs is 7. The lowest BCUT2D eigenvalue weighted by molar-refractivity contribution is -0.122. The van der Waals surface area contributed by atoms with Crippen LogP contribution in [0, 0.1) is 0 Å². The summed E-state index contributed by atoms with van der Waals surface area (Å²) in [4.78, 5) is 14.6. The zero-order valence-corrected chi connectivity index (χ0v) is 17.0. The predicted molar refractivity (Wildman–Crippen MR) is 106 cm³/mol. The number of aromatic nitrogens is 3. The van der Waals surface area contributed by atoms with Gasteiger partial charge in [-0.1, -0.05) is 28.4 Å². The third-order valence-electron chi connectivity index (χ3n) is 5.08. The van der Waals surface area contributed by atoms with Crippen molar-refractivity contribution in [2.24, 2.45) is 0 Å². The Labute approximate surface area is 173 Å². The van der Waals surface area contributed by atoms with Crippen molar-refractivity contribution in [2.75, 3.05) is 13.1 Å². The molecule has 150 valence electrons. The topological polar surface area (TPSA) is 72.3 Å². The first kappa shape index (κ1) is 19.5. The fraction of sp³-hybridized carbons (Fsp3) is 0.526. The fourth-order valence-electron chi connectivity index (χ4n) is 3.78. The van der Waals surface area contributed by atoms with E-state index in [2.05, 4.69) is 20.5 Å². The number of carbonyl (C=O) groups is 1. The molecule has 1 fully saturated rings. The lowest BCUT2D eigenvalue weighted by atomic mass is 10.0. The van der Waals surface area contributed by atoms with E-state index in [9.17, 15) is 4.79 Å². The van der Waals surface area contributed by atoms with Gasteiger partial charge in [-0.25, -0.2) is 0 Å². The van der Waals surface area contributed by atoms with Crippen LogP contribution in [0.3, 0.4) is 0 Å². The second-order valence-corrected chi connectivity index (χ2v) is 8.21. The first-order valence-electron chi connectivity index (χ1n) is 9.58. The quantitative estimate of drug-likeness (QED) is 0.704. The first-order chi connectivity index (χ1) is 13.6. The lowest BCUT2D eigenvalue weighted by Gasteiger charge is -2.33. The van der Waals surface area contributed by atoms with E-state index < -0.39 is 0 Å². The molecule has 1 aromatic heterocycles. The number of piperidine rings is 1. The molecule has 0 aliphatic carbocycles. The first-order valence-corrected chi connectivity index (χ1v) is 10.3. The van der Waals surface area contributed by atoms with E-state index in [1.165, 1.54) is 0 Å². The number of benzene rings is 1. The molecule has 3 aliphatic rings. The molecule has 2 atom stereocenters. The van der Waals surface area contributed by atoms with E-state index >= 15 is 0 Å². The van der Waals surface area contributed by atoms with Gasteiger partial charge in [0.1, 0.15) is 12.3 Å². The van der Waals surface area contributed by atoms with Gasteiger partial charge in [-0.3, -0.25) is 14.4 Å². The molecule has 7 nitrogen and oxygen atoms in total. The molecule has 0 saturated carbocycles. The molecule has 3 aliphatic heterocycles. The van der Waals surface area contributed by atoms with Crippen molar-refractivity contribution >= 4 is 29.1 Å². The van der Waals surface area contributed by atoms with Crippen LogP contribution >= 0.6 is 23.2 Å². The number of amides is 1. The normalized spacial score (nSPS) is 23.4. The van der Waals surface area contributed by atoms with Crippen molar-refractivity contribution < 1.29 is 9.53 Å². The highest BCUT2D eigenvalue weighted by atomic mass is 35.5. The second-order valence-electron chi connectivity index (χ2n) is 7.40. The second kappa shape index (κ2) is 8.68. The number of rotatable bonds is 0. The Balaban J connectivity index is 1.58. The smallest absolute Gasteiger partial charge is 0.220 e. The van der Waals surface area contributed by atoms with Gasteiger partial charge in [0.05, 0.1) is 16.2 Å². The van der Waals surface area contributed by atoms with E-state index in [4.69, 9.17) is 27.9 Å². The summed E-state index contributed by atoms with van der Waals surface area (Å²) in [6, 6.07) is 3.96. The molecule has 2 aromatic rings. The van der Waals surface area contributed by atoms with Gasteiger partial charge in [0.25, 0.3) is 0 Å². The van der Waals surface area contributed by atoms with Crippen LogP contribution < -0.4 is 10.1 Å². The molecule has 0 spiro atoms. The maximum Gasteiger partial charge on any atom is 0.220 e. The number of aryl methyl sites for hydroxylation is 1. The maximum absolute atomic E-state index is 12.3. The lowest BCUT2D eigenvalue weighted by Crippen LogP contribution is -2.47. The molecule has 1 saturated heterocycles. The van der Waals surface area contributed by atoms with Gasteiger partial charge in [0, 0.05) is 32.1 Å². The van der Waals surface area contributed by atoms with Gasteiger partial charge in [-0.15, -0.1) is 5.10 Å². The minimum absolute atomic E-state index is 0.0899. The van der Waals surface area contributed by atoms with Crippen LogP contribution in [0.15, 0.2) is 18.3 Å². The van der Waals surface area contributed by atoms with Crippen molar-refractivity contribution in [3.63, 3.8) is 0 Å². The number of ether oxygens (including phenoxy) is 1. The average molecular weight is 424 g/mol. The van der Waals surface area contributed by atoms with Crippen LogP contribution in [0.25, 0.3) is 0 Å². The third kappa shape index (κ3) is 4.77. The largest absolute Gasteiger partial charge is 0.484 e. The third-order valence-corrected chi connectivity index (χ3v) is 5.64. The van der Waals surface area contributed by atoms with Crippen molar-refractivity contribution in [1.82, 2.24) is 25.2 Å². The molecule has 1 aromatic carbocycles. The summed E-state index contributed by atoms with van der Waals surface area (Å²) in [5.41, 5.74) is 1.71. The summed E-state index contributed by atoms with van der Waals surface area (Å²) >= 11 is 12.9. The molecule has 4 heterocycles. The SMILES string of the molecule is O=C1CCCn2cc(nn2)COc2c(Cl)cc(cc2Cl)CN2CCCC(C2)N1. The molecule has 1 N–H and O–H groups in total. The molecular formula is C19H23Cl2N5O2. The number of carbonyl (C=O) groups excluding carboxylic acids is 1. The number of hydrogen-bond donors (Lipinski definition) is 1. The number of nitrogens with one attached hydrogen (secondary N) is 1. The van der Waals surface area contributed by atoms with E-state index in [1.54, 1.807) is 4.68 Å². The molecule has 1 amide bonds. The number of halogens is 2. The molecule has 5 rings (SSSR count). The highest BCUT2D eigenvalue weighted by Crippen LogP contribution is 2.35. The minimum Gasteiger partial charge on any atom is -0.484 e. The van der Waals surface area contributed by atoms with Crippen LogP contribution in [0.1, 0.15) is 36.9 Å². The van der Waals surface area contributed by atoms with Gasteiger partial charge >= 0.3 is 0 Å². The Morgan fingerprint density at radius 2 is 2.00 bits per heavy atom. The molecule has 2 unspecified atom stereocenters. The predicted octanol–water partition coefficient (Wildman–Crippen LogP) is 3.04. The van der Waals surface area contributed by atoms with E-state index in [0.717, 1.165) is 38.0 Å². The van der Waals surface area contributed by atoms with Gasteiger partial charge < -0.3 is 10.1 Å². The van der Waals surface area contributed by atoms with Crippen molar-refractivity contribution in [1.29, 1.82) is 0 Å². The summed E-state index contributed by atoms with van der Waals surface area (Å²) in [6.45, 7) is 3.42. The van der Waals surface area contributed by atoms with Gasteiger partial charge in [0.2, 0.25) is 5.91 Å². The van der Waals surface area contributed by atoms with Crippen LogP contribution in [0.5, 0.6) is 5.75 Å². The molecule has 0 radical (unpaired) electrons. The van der Waals surface area contributed by atoms with Gasteiger partial charge in [-0.05, 0) is 43.5 Å². The fourth-order valence-corrected chi connectivity index (χ4v) is 4.42. The maximum atomic E-state index is 12.3. The average Bonchev–Trinajstić information content (AvgIpc) is 3.08. The zero-order valence-electron chi connectivity index (χ0n) is 15.5. The molecule has 6 bridgehead atoms. The Bertz CT molecular complexity index is 834. The monoisotopic (exact) mass is 423 g/mol. The van der Waals surface area contributed by atoms with Crippen LogP contribution in [0.2, 0.25) is 10.0 Å². The molecule has 9 heteroatoms. The van der Waals surface area contributed by atoms with Crippen molar-refractivity contribution in [3.05, 3.63) is 39.6 Å². The van der Waals surface area contributed by atoms with Gasteiger partial charge in [-0.2, -0.15) is 0 Å². The standard InChI is InChI=1S/C19H23Cl2N5O2/c20-16-7-13-8-17(21)19(16)28-12-15-11-26(24-23-15)6-2-4-18(27)22-14-3-1-5-25(9-13)10-14/h7-8,11,14H,1-6,9-10,12H2,(H,22,27). The Morgan fingerprint density at radius 1 is 1.18 bits per heavy atom. The van der Waals surface area contributed by atoms with Crippen molar-refractivity contribution in [2.45, 2.75) is 51.4 Å². The Kier molecular flexibility index (Phi) is 6.04. The summed E-state index contributed by atoms with van der Waals surface area (Å²) < 4.78 is 7.53. The summed E-state index contributed by atoms with van der Waals surface area (Å²) in [5, 5.41) is 12.3. The molecule has 28 heavy (non-hydrogen) atoms.